The normalized spacial score (nSPS) is 23.3. The van der Waals surface area contributed by atoms with Crippen LogP contribution in [0.15, 0.2) is 0 Å². The number of likely N-dealkylation sites (tertiary alicyclic amines) is 2. The molecule has 20 heavy (non-hydrogen) atoms. The Hall–Kier alpha value is -0.190. The van der Waals surface area contributed by atoms with Crippen molar-refractivity contribution < 1.29 is 0 Å². The van der Waals surface area contributed by atoms with E-state index in [9.17, 15) is 0 Å². The van der Waals surface area contributed by atoms with Gasteiger partial charge in [-0.2, -0.15) is 0 Å². The highest BCUT2D eigenvalue weighted by molar-refractivity contribution is 7.80. The average molecular weight is 298 g/mol. The number of nitrogens with zero attached hydrogens (tertiary/aromatic N) is 2. The van der Waals surface area contributed by atoms with Gasteiger partial charge in [0.25, 0.3) is 0 Å². The van der Waals surface area contributed by atoms with Gasteiger partial charge in [-0.1, -0.05) is 26.1 Å². The summed E-state index contributed by atoms with van der Waals surface area (Å²) in [5, 5.41) is 0. The third-order valence-corrected chi connectivity index (χ3v) is 5.69. The van der Waals surface area contributed by atoms with Gasteiger partial charge in [-0.15, -0.1) is 0 Å². The molecule has 0 aromatic heterocycles. The fourth-order valence-corrected chi connectivity index (χ4v) is 3.39. The Balaban J connectivity index is 1.65. The maximum atomic E-state index is 5.81. The van der Waals surface area contributed by atoms with Crippen molar-refractivity contribution in [1.82, 2.24) is 9.80 Å². The Kier molecular flexibility index (Phi) is 5.82. The number of rotatable bonds is 6. The molecular weight excluding hydrogens is 266 g/mol. The second-order valence-corrected chi connectivity index (χ2v) is 7.73. The summed E-state index contributed by atoms with van der Waals surface area (Å²) in [6, 6.07) is 0. The molecule has 2 fully saturated rings. The van der Waals surface area contributed by atoms with Crippen LogP contribution < -0.4 is 5.73 Å². The van der Waals surface area contributed by atoms with Crippen LogP contribution in [0.3, 0.4) is 0 Å². The van der Waals surface area contributed by atoms with E-state index in [1.54, 1.807) is 0 Å². The second kappa shape index (κ2) is 7.19. The zero-order valence-corrected chi connectivity index (χ0v) is 14.1. The van der Waals surface area contributed by atoms with Crippen molar-refractivity contribution in [1.29, 1.82) is 0 Å². The molecule has 116 valence electrons. The Morgan fingerprint density at radius 1 is 1.10 bits per heavy atom. The van der Waals surface area contributed by atoms with Crippen molar-refractivity contribution in [2.75, 3.05) is 39.3 Å². The molecule has 0 unspecified atom stereocenters. The van der Waals surface area contributed by atoms with Crippen molar-refractivity contribution in [3.63, 3.8) is 0 Å². The lowest BCUT2D eigenvalue weighted by atomic mass is 9.88. The van der Waals surface area contributed by atoms with E-state index in [0.29, 0.717) is 4.99 Å². The van der Waals surface area contributed by atoms with Gasteiger partial charge in [-0.25, -0.2) is 0 Å². The molecule has 2 heterocycles. The molecular formula is C16H31N3S. The quantitative estimate of drug-likeness (QED) is 0.764. The highest BCUT2D eigenvalue weighted by Crippen LogP contribution is 2.24. The van der Waals surface area contributed by atoms with Crippen LogP contribution in [-0.4, -0.2) is 54.1 Å². The topological polar surface area (TPSA) is 32.5 Å². The van der Waals surface area contributed by atoms with Crippen LogP contribution >= 0.6 is 12.2 Å². The molecule has 0 amide bonds. The molecule has 4 heteroatoms. The van der Waals surface area contributed by atoms with E-state index >= 15 is 0 Å². The van der Waals surface area contributed by atoms with E-state index in [0.717, 1.165) is 18.9 Å². The minimum Gasteiger partial charge on any atom is -0.393 e. The highest BCUT2D eigenvalue weighted by Gasteiger charge is 2.26. The van der Waals surface area contributed by atoms with Gasteiger partial charge < -0.3 is 15.5 Å². The van der Waals surface area contributed by atoms with Gasteiger partial charge in [0.2, 0.25) is 0 Å². The molecule has 3 nitrogen and oxygen atoms in total. The molecule has 2 saturated heterocycles. The predicted molar refractivity (Wildman–Crippen MR) is 90.0 cm³/mol. The van der Waals surface area contributed by atoms with Gasteiger partial charge >= 0.3 is 0 Å². The Morgan fingerprint density at radius 3 is 2.25 bits per heavy atom. The first-order valence-corrected chi connectivity index (χ1v) is 8.63. The lowest BCUT2D eigenvalue weighted by molar-refractivity contribution is 0.146. The fraction of sp³-hybridized carbons (Fsp3) is 0.938. The lowest BCUT2D eigenvalue weighted by Gasteiger charge is -2.35. The Morgan fingerprint density at radius 2 is 1.70 bits per heavy atom. The molecule has 0 atom stereocenters. The molecule has 0 aromatic carbocycles. The Labute approximate surface area is 129 Å². The molecule has 0 aliphatic carbocycles. The summed E-state index contributed by atoms with van der Waals surface area (Å²) in [7, 11) is 0. The second-order valence-electron chi connectivity index (χ2n) is 7.29. The van der Waals surface area contributed by atoms with E-state index in [1.807, 2.05) is 0 Å². The first-order chi connectivity index (χ1) is 9.47. The zero-order chi connectivity index (χ0) is 14.6. The van der Waals surface area contributed by atoms with Crippen LogP contribution in [0.2, 0.25) is 0 Å². The Bertz CT molecular complexity index is 316. The summed E-state index contributed by atoms with van der Waals surface area (Å²) >= 11 is 5.15. The van der Waals surface area contributed by atoms with Crippen LogP contribution in [0.5, 0.6) is 0 Å². The molecule has 2 aliphatic heterocycles. The van der Waals surface area contributed by atoms with Crippen LogP contribution in [0.25, 0.3) is 0 Å². The zero-order valence-electron chi connectivity index (χ0n) is 13.2. The van der Waals surface area contributed by atoms with E-state index in [1.165, 1.54) is 58.4 Å². The molecule has 0 spiro atoms. The molecule has 0 saturated carbocycles. The smallest absolute Gasteiger partial charge is 0.0784 e. The maximum Gasteiger partial charge on any atom is 0.0784 e. The third-order valence-electron chi connectivity index (χ3n) is 5.14. The summed E-state index contributed by atoms with van der Waals surface area (Å²) in [4.78, 5) is 5.91. The number of hydrogen-bond acceptors (Lipinski definition) is 3. The molecule has 2 aliphatic rings. The fourth-order valence-electron chi connectivity index (χ4n) is 3.28. The van der Waals surface area contributed by atoms with Crippen LogP contribution in [0.1, 0.15) is 46.0 Å². The van der Waals surface area contributed by atoms with E-state index in [-0.39, 0.29) is 5.41 Å². The van der Waals surface area contributed by atoms with Crippen molar-refractivity contribution >= 4 is 17.2 Å². The van der Waals surface area contributed by atoms with Crippen molar-refractivity contribution in [2.45, 2.75) is 46.0 Å². The van der Waals surface area contributed by atoms with Crippen molar-refractivity contribution in [3.8, 4) is 0 Å². The van der Waals surface area contributed by atoms with Crippen LogP contribution in [0.4, 0.5) is 0 Å². The molecule has 0 radical (unpaired) electrons. The molecule has 2 N–H and O–H groups in total. The number of hydrogen-bond donors (Lipinski definition) is 1. The van der Waals surface area contributed by atoms with Crippen LogP contribution in [-0.2, 0) is 0 Å². The van der Waals surface area contributed by atoms with Crippen LogP contribution in [0, 0.1) is 11.3 Å². The molecule has 0 bridgehead atoms. The average Bonchev–Trinajstić information content (AvgIpc) is 2.91. The predicted octanol–water partition coefficient (Wildman–Crippen LogP) is 2.50. The van der Waals surface area contributed by atoms with E-state index in [2.05, 4.69) is 23.6 Å². The summed E-state index contributed by atoms with van der Waals surface area (Å²) in [5.41, 5.74) is 5.81. The van der Waals surface area contributed by atoms with Gasteiger partial charge in [0.05, 0.1) is 4.99 Å². The monoisotopic (exact) mass is 297 g/mol. The standard InChI is InChI=1S/C16H31N3S/c1-16(2,15(17)20)7-12-18-10-5-14(6-11-18)13-19-8-3-4-9-19/h14H,3-13H2,1-2H3,(H2,17,20). The van der Waals surface area contributed by atoms with E-state index < -0.39 is 0 Å². The van der Waals surface area contributed by atoms with Gasteiger partial charge in [-0.3, -0.25) is 0 Å². The first kappa shape index (κ1) is 16.2. The number of piperidine rings is 1. The van der Waals surface area contributed by atoms with Gasteiger partial charge in [0.15, 0.2) is 0 Å². The SMILES string of the molecule is CC(C)(CCN1CCC(CN2CCCC2)CC1)C(N)=S. The highest BCUT2D eigenvalue weighted by atomic mass is 32.1. The third kappa shape index (κ3) is 4.68. The minimum absolute atomic E-state index is 0.00172. The summed E-state index contributed by atoms with van der Waals surface area (Å²) in [6.07, 6.45) is 6.63. The summed E-state index contributed by atoms with van der Waals surface area (Å²) in [6.45, 7) is 12.0. The maximum absolute atomic E-state index is 5.81. The largest absolute Gasteiger partial charge is 0.393 e. The minimum atomic E-state index is 0.00172. The van der Waals surface area contributed by atoms with E-state index in [4.69, 9.17) is 18.0 Å². The number of thiocarbonyl (C=S) groups is 1. The summed E-state index contributed by atoms with van der Waals surface area (Å²) in [5.74, 6) is 0.924. The van der Waals surface area contributed by atoms with Crippen molar-refractivity contribution in [2.24, 2.45) is 17.1 Å². The van der Waals surface area contributed by atoms with Gasteiger partial charge in [0, 0.05) is 12.0 Å². The first-order valence-electron chi connectivity index (χ1n) is 8.22. The molecule has 0 aromatic rings. The number of nitrogens with two attached hydrogens (primary N) is 1. The summed E-state index contributed by atoms with van der Waals surface area (Å²) < 4.78 is 0. The van der Waals surface area contributed by atoms with Gasteiger partial charge in [0.1, 0.15) is 0 Å². The van der Waals surface area contributed by atoms with Gasteiger partial charge in [-0.05, 0) is 70.7 Å². The van der Waals surface area contributed by atoms with Crippen molar-refractivity contribution in [3.05, 3.63) is 0 Å². The molecule has 2 rings (SSSR count). The lowest BCUT2D eigenvalue weighted by Crippen LogP contribution is -2.40.